The Morgan fingerprint density at radius 3 is 2.50 bits per heavy atom. The van der Waals surface area contributed by atoms with Gasteiger partial charge in [0.25, 0.3) is 11.6 Å². The fourth-order valence-corrected chi connectivity index (χ4v) is 4.34. The highest BCUT2D eigenvalue weighted by atomic mass is 32.2. The normalized spacial score (nSPS) is 14.8. The van der Waals surface area contributed by atoms with Crippen molar-refractivity contribution in [2.75, 3.05) is 38.2 Å². The minimum absolute atomic E-state index is 0.0919. The molecule has 0 spiro atoms. The van der Waals surface area contributed by atoms with E-state index in [4.69, 9.17) is 9.47 Å². The molecule has 160 valence electrons. The van der Waals surface area contributed by atoms with Crippen LogP contribution in [0.15, 0.2) is 47.4 Å². The van der Waals surface area contributed by atoms with Crippen LogP contribution in [0.3, 0.4) is 0 Å². The van der Waals surface area contributed by atoms with E-state index in [0.717, 1.165) is 0 Å². The van der Waals surface area contributed by atoms with E-state index in [2.05, 4.69) is 5.32 Å². The molecule has 0 saturated carbocycles. The van der Waals surface area contributed by atoms with Crippen molar-refractivity contribution in [1.29, 1.82) is 0 Å². The molecule has 0 aliphatic carbocycles. The molecule has 1 saturated heterocycles. The second-order valence-electron chi connectivity index (χ2n) is 6.53. The van der Waals surface area contributed by atoms with Crippen LogP contribution < -0.4 is 10.1 Å². The van der Waals surface area contributed by atoms with Crippen molar-refractivity contribution >= 4 is 27.3 Å². The summed E-state index contributed by atoms with van der Waals surface area (Å²) in [4.78, 5) is 22.7. The maximum absolute atomic E-state index is 12.6. The highest BCUT2D eigenvalue weighted by Gasteiger charge is 2.26. The Bertz CT molecular complexity index is 1030. The van der Waals surface area contributed by atoms with Crippen LogP contribution in [0, 0.1) is 17.0 Å². The molecule has 1 N–H and O–H groups in total. The third-order valence-electron chi connectivity index (χ3n) is 4.58. The lowest BCUT2D eigenvalue weighted by molar-refractivity contribution is -0.385. The van der Waals surface area contributed by atoms with Crippen molar-refractivity contribution in [2.24, 2.45) is 0 Å². The number of ether oxygens (including phenoxy) is 2. The molecule has 2 aromatic rings. The first kappa shape index (κ1) is 21.7. The van der Waals surface area contributed by atoms with Gasteiger partial charge in [0.2, 0.25) is 10.0 Å². The van der Waals surface area contributed by atoms with E-state index in [9.17, 15) is 23.3 Å². The second-order valence-corrected chi connectivity index (χ2v) is 8.47. The molecule has 3 rings (SSSR count). The number of nitrogens with one attached hydrogen (secondary N) is 1. The summed E-state index contributed by atoms with van der Waals surface area (Å²) in [6, 6.07) is 10.2. The van der Waals surface area contributed by atoms with Gasteiger partial charge in [-0.05, 0) is 37.3 Å². The minimum Gasteiger partial charge on any atom is -0.484 e. The smallest absolute Gasteiger partial charge is 0.274 e. The Morgan fingerprint density at radius 1 is 1.20 bits per heavy atom. The highest BCUT2D eigenvalue weighted by Crippen LogP contribution is 2.25. The van der Waals surface area contributed by atoms with Crippen LogP contribution >= 0.6 is 0 Å². The number of carbonyl (C=O) groups excluding carboxylic acids is 1. The molecule has 1 amide bonds. The lowest BCUT2D eigenvalue weighted by Crippen LogP contribution is -2.40. The number of hydrogen-bond donors (Lipinski definition) is 1. The molecule has 1 fully saturated rings. The van der Waals surface area contributed by atoms with Crippen LogP contribution in [0.25, 0.3) is 0 Å². The lowest BCUT2D eigenvalue weighted by Gasteiger charge is -2.26. The van der Waals surface area contributed by atoms with Crippen molar-refractivity contribution in [3.8, 4) is 5.75 Å². The zero-order valence-corrected chi connectivity index (χ0v) is 17.1. The van der Waals surface area contributed by atoms with E-state index in [0.29, 0.717) is 43.3 Å². The van der Waals surface area contributed by atoms with Gasteiger partial charge in [0.1, 0.15) is 5.75 Å². The third-order valence-corrected chi connectivity index (χ3v) is 6.49. The summed E-state index contributed by atoms with van der Waals surface area (Å²) in [6.45, 7) is 2.54. The van der Waals surface area contributed by atoms with Gasteiger partial charge in [-0.1, -0.05) is 6.07 Å². The first-order valence-corrected chi connectivity index (χ1v) is 10.6. The molecule has 0 unspecified atom stereocenters. The molecule has 30 heavy (non-hydrogen) atoms. The topological polar surface area (TPSA) is 128 Å². The summed E-state index contributed by atoms with van der Waals surface area (Å²) in [5.74, 6) is -0.176. The van der Waals surface area contributed by atoms with Crippen LogP contribution in [-0.4, -0.2) is 56.5 Å². The van der Waals surface area contributed by atoms with Crippen LogP contribution in [0.5, 0.6) is 5.75 Å². The first-order chi connectivity index (χ1) is 14.3. The number of anilines is 1. The summed E-state index contributed by atoms with van der Waals surface area (Å²) < 4.78 is 37.1. The number of nitrogens with zero attached hydrogens (tertiary/aromatic N) is 2. The molecule has 2 aromatic carbocycles. The van der Waals surface area contributed by atoms with E-state index in [1.165, 1.54) is 40.7 Å². The van der Waals surface area contributed by atoms with Crippen molar-refractivity contribution in [1.82, 2.24) is 4.31 Å². The Morgan fingerprint density at radius 2 is 1.87 bits per heavy atom. The van der Waals surface area contributed by atoms with E-state index in [1.54, 1.807) is 13.0 Å². The number of morpholine rings is 1. The number of hydrogen-bond acceptors (Lipinski definition) is 7. The van der Waals surface area contributed by atoms with E-state index in [1.807, 2.05) is 0 Å². The van der Waals surface area contributed by atoms with Gasteiger partial charge in [0.15, 0.2) is 6.61 Å². The fourth-order valence-electron chi connectivity index (χ4n) is 2.94. The Hall–Kier alpha value is -3.02. The van der Waals surface area contributed by atoms with Gasteiger partial charge in [0.05, 0.1) is 34.3 Å². The molecule has 0 aromatic heterocycles. The van der Waals surface area contributed by atoms with Gasteiger partial charge >= 0.3 is 0 Å². The van der Waals surface area contributed by atoms with Crippen molar-refractivity contribution in [2.45, 2.75) is 11.8 Å². The zero-order valence-electron chi connectivity index (χ0n) is 16.2. The summed E-state index contributed by atoms with van der Waals surface area (Å²) in [5, 5.41) is 13.6. The largest absolute Gasteiger partial charge is 0.484 e. The number of carbonyl (C=O) groups is 1. The van der Waals surface area contributed by atoms with E-state index >= 15 is 0 Å². The van der Waals surface area contributed by atoms with Crippen molar-refractivity contribution < 1.29 is 27.6 Å². The van der Waals surface area contributed by atoms with Crippen molar-refractivity contribution in [3.63, 3.8) is 0 Å². The maximum Gasteiger partial charge on any atom is 0.274 e. The molecular formula is C19H21N3O7S. The lowest BCUT2D eigenvalue weighted by atomic mass is 10.1. The van der Waals surface area contributed by atoms with Crippen LogP contribution in [0.2, 0.25) is 0 Å². The number of sulfonamides is 1. The molecule has 1 aliphatic heterocycles. The quantitative estimate of drug-likeness (QED) is 0.520. The van der Waals surface area contributed by atoms with Gasteiger partial charge < -0.3 is 14.8 Å². The summed E-state index contributed by atoms with van der Waals surface area (Å²) >= 11 is 0. The predicted molar refractivity (Wildman–Crippen MR) is 108 cm³/mol. The molecule has 11 heteroatoms. The number of rotatable bonds is 7. The predicted octanol–water partition coefficient (Wildman–Crippen LogP) is 1.94. The molecule has 1 aliphatic rings. The molecule has 10 nitrogen and oxygen atoms in total. The van der Waals surface area contributed by atoms with Gasteiger partial charge in [-0.2, -0.15) is 4.31 Å². The Balaban J connectivity index is 1.59. The minimum atomic E-state index is -3.60. The number of benzene rings is 2. The molecule has 0 bridgehead atoms. The number of nitro groups is 1. The van der Waals surface area contributed by atoms with Crippen LogP contribution in [0.1, 0.15) is 5.56 Å². The second kappa shape index (κ2) is 9.20. The zero-order chi connectivity index (χ0) is 21.7. The molecule has 0 radical (unpaired) electrons. The highest BCUT2D eigenvalue weighted by molar-refractivity contribution is 7.89. The maximum atomic E-state index is 12.6. The summed E-state index contributed by atoms with van der Waals surface area (Å²) in [5.41, 5.74) is 0.573. The standard InChI is InChI=1S/C19H21N3O7S/c1-14-17(3-2-4-18(14)22(24)25)20-19(23)13-29-15-5-7-16(8-6-15)30(26,27)21-9-11-28-12-10-21/h2-8H,9-13H2,1H3,(H,20,23). The molecule has 1 heterocycles. The average Bonchev–Trinajstić information content (AvgIpc) is 2.74. The van der Waals surface area contributed by atoms with E-state index < -0.39 is 20.9 Å². The van der Waals surface area contributed by atoms with E-state index in [-0.39, 0.29) is 17.2 Å². The number of nitro benzene ring substituents is 1. The fraction of sp³-hybridized carbons (Fsp3) is 0.316. The van der Waals surface area contributed by atoms with Crippen LogP contribution in [0.4, 0.5) is 11.4 Å². The Labute approximate surface area is 173 Å². The van der Waals surface area contributed by atoms with Crippen LogP contribution in [-0.2, 0) is 19.6 Å². The van der Waals surface area contributed by atoms with Gasteiger partial charge in [0, 0.05) is 19.2 Å². The average molecular weight is 435 g/mol. The van der Waals surface area contributed by atoms with Gasteiger partial charge in [-0.15, -0.1) is 0 Å². The van der Waals surface area contributed by atoms with Crippen molar-refractivity contribution in [3.05, 3.63) is 58.1 Å². The number of amides is 1. The summed E-state index contributed by atoms with van der Waals surface area (Å²) in [6.07, 6.45) is 0. The third kappa shape index (κ3) is 4.93. The SMILES string of the molecule is Cc1c(NC(=O)COc2ccc(S(=O)(=O)N3CCOCC3)cc2)cccc1[N+](=O)[O-]. The molecule has 0 atom stereocenters. The first-order valence-electron chi connectivity index (χ1n) is 9.13. The Kier molecular flexibility index (Phi) is 6.65. The molecular weight excluding hydrogens is 414 g/mol. The van der Waals surface area contributed by atoms with Gasteiger partial charge in [-0.25, -0.2) is 8.42 Å². The van der Waals surface area contributed by atoms with Gasteiger partial charge in [-0.3, -0.25) is 14.9 Å². The monoisotopic (exact) mass is 435 g/mol. The summed E-state index contributed by atoms with van der Waals surface area (Å²) in [7, 11) is -3.60.